The molecule has 0 bridgehead atoms. The first-order valence-corrected chi connectivity index (χ1v) is 8.82. The predicted molar refractivity (Wildman–Crippen MR) is 97.7 cm³/mol. The van der Waals surface area contributed by atoms with Crippen molar-refractivity contribution in [2.45, 2.75) is 25.5 Å². The van der Waals surface area contributed by atoms with Crippen molar-refractivity contribution in [1.29, 1.82) is 0 Å². The van der Waals surface area contributed by atoms with Crippen LogP contribution in [-0.4, -0.2) is 38.2 Å². The van der Waals surface area contributed by atoms with Crippen molar-refractivity contribution in [3.63, 3.8) is 0 Å². The van der Waals surface area contributed by atoms with Gasteiger partial charge in [-0.25, -0.2) is 4.68 Å². The van der Waals surface area contributed by atoms with E-state index in [4.69, 9.17) is 16.3 Å². The molecule has 0 saturated carbocycles. The highest BCUT2D eigenvalue weighted by atomic mass is 35.5. The second kappa shape index (κ2) is 7.31. The smallest absolute Gasteiger partial charge is 0.276 e. The van der Waals surface area contributed by atoms with Crippen molar-refractivity contribution in [3.05, 3.63) is 59.6 Å². The van der Waals surface area contributed by atoms with Crippen molar-refractivity contribution >= 4 is 23.2 Å². The van der Waals surface area contributed by atoms with Gasteiger partial charge in [-0.05, 0) is 37.1 Å². The number of benzene rings is 1. The van der Waals surface area contributed by atoms with Crippen LogP contribution in [0.15, 0.2) is 48.9 Å². The molecule has 8 heteroatoms. The summed E-state index contributed by atoms with van der Waals surface area (Å²) in [6.07, 6.45) is 7.48. The average Bonchev–Trinajstić information content (AvgIpc) is 3.37. The lowest BCUT2D eigenvalue weighted by molar-refractivity contribution is 0.0940. The molecule has 26 heavy (non-hydrogen) atoms. The van der Waals surface area contributed by atoms with E-state index in [2.05, 4.69) is 15.5 Å². The number of amides is 1. The van der Waals surface area contributed by atoms with E-state index in [1.807, 2.05) is 12.1 Å². The van der Waals surface area contributed by atoms with Crippen LogP contribution in [-0.2, 0) is 11.3 Å². The van der Waals surface area contributed by atoms with E-state index in [-0.39, 0.29) is 12.0 Å². The van der Waals surface area contributed by atoms with E-state index >= 15 is 0 Å². The number of rotatable bonds is 5. The quantitative estimate of drug-likeness (QED) is 0.747. The molecule has 4 rings (SSSR count). The highest BCUT2D eigenvalue weighted by Crippen LogP contribution is 2.16. The number of halogens is 1. The highest BCUT2D eigenvalue weighted by Gasteiger charge is 2.17. The molecule has 1 aliphatic rings. The maximum atomic E-state index is 12.4. The van der Waals surface area contributed by atoms with Crippen LogP contribution in [0.25, 0.3) is 5.69 Å². The molecule has 0 radical (unpaired) electrons. The molecule has 1 atom stereocenters. The zero-order valence-electron chi connectivity index (χ0n) is 14.0. The second-order valence-electron chi connectivity index (χ2n) is 6.17. The lowest BCUT2D eigenvalue weighted by Crippen LogP contribution is -2.15. The third kappa shape index (κ3) is 3.79. The van der Waals surface area contributed by atoms with Gasteiger partial charge in [0.1, 0.15) is 0 Å². The summed E-state index contributed by atoms with van der Waals surface area (Å²) in [4.78, 5) is 12.4. The van der Waals surface area contributed by atoms with Crippen molar-refractivity contribution < 1.29 is 9.53 Å². The third-order valence-corrected chi connectivity index (χ3v) is 4.44. The van der Waals surface area contributed by atoms with Gasteiger partial charge in [-0.3, -0.25) is 9.48 Å². The summed E-state index contributed by atoms with van der Waals surface area (Å²) >= 11 is 6.00. The highest BCUT2D eigenvalue weighted by molar-refractivity contribution is 6.30. The van der Waals surface area contributed by atoms with Gasteiger partial charge in [0, 0.05) is 24.0 Å². The monoisotopic (exact) mass is 371 g/mol. The van der Waals surface area contributed by atoms with E-state index < -0.39 is 0 Å². The van der Waals surface area contributed by atoms with Crippen LogP contribution in [0.1, 0.15) is 23.3 Å². The minimum atomic E-state index is -0.289. The normalized spacial score (nSPS) is 16.7. The molecule has 3 heterocycles. The van der Waals surface area contributed by atoms with E-state index in [1.165, 1.54) is 0 Å². The van der Waals surface area contributed by atoms with E-state index in [0.717, 1.165) is 25.1 Å². The Labute approximate surface area is 155 Å². The first kappa shape index (κ1) is 16.8. The fourth-order valence-electron chi connectivity index (χ4n) is 2.93. The number of hydrogen-bond acceptors (Lipinski definition) is 4. The number of nitrogens with one attached hydrogen (secondary N) is 1. The van der Waals surface area contributed by atoms with Gasteiger partial charge in [0.15, 0.2) is 5.69 Å². The number of nitrogens with zero attached hydrogens (tertiary/aromatic N) is 4. The fraction of sp³-hybridized carbons (Fsp3) is 0.278. The van der Waals surface area contributed by atoms with Crippen LogP contribution in [0, 0.1) is 0 Å². The Hall–Kier alpha value is -2.64. The summed E-state index contributed by atoms with van der Waals surface area (Å²) in [6.45, 7) is 1.50. The van der Waals surface area contributed by atoms with Crippen molar-refractivity contribution in [3.8, 4) is 5.69 Å². The third-order valence-electron chi connectivity index (χ3n) is 4.20. The summed E-state index contributed by atoms with van der Waals surface area (Å²) in [5.41, 5.74) is 1.74. The number of carbonyl (C=O) groups excluding carboxylic acids is 1. The van der Waals surface area contributed by atoms with Crippen LogP contribution in [0.3, 0.4) is 0 Å². The fourth-order valence-corrected chi connectivity index (χ4v) is 3.11. The Morgan fingerprint density at radius 3 is 3.12 bits per heavy atom. The lowest BCUT2D eigenvalue weighted by atomic mass is 10.2. The van der Waals surface area contributed by atoms with Gasteiger partial charge in [-0.15, -0.1) is 0 Å². The molecule has 7 nitrogen and oxygen atoms in total. The number of anilines is 1. The van der Waals surface area contributed by atoms with Crippen LogP contribution in [0.2, 0.25) is 5.02 Å². The second-order valence-corrected chi connectivity index (χ2v) is 6.60. The van der Waals surface area contributed by atoms with Gasteiger partial charge in [0.25, 0.3) is 5.91 Å². The number of ether oxygens (including phenoxy) is 1. The van der Waals surface area contributed by atoms with Crippen molar-refractivity contribution in [1.82, 2.24) is 19.6 Å². The Balaban J connectivity index is 1.41. The molecule has 1 aromatic carbocycles. The van der Waals surface area contributed by atoms with Gasteiger partial charge >= 0.3 is 0 Å². The van der Waals surface area contributed by atoms with Crippen molar-refractivity contribution in [2.24, 2.45) is 0 Å². The van der Waals surface area contributed by atoms with Gasteiger partial charge in [-0.2, -0.15) is 10.2 Å². The maximum Gasteiger partial charge on any atom is 0.276 e. The molecule has 1 fully saturated rings. The molecule has 3 aromatic rings. The Morgan fingerprint density at radius 2 is 2.31 bits per heavy atom. The molecular formula is C18H18ClN5O2. The summed E-state index contributed by atoms with van der Waals surface area (Å²) in [5, 5.41) is 12.0. The molecule has 0 unspecified atom stereocenters. The summed E-state index contributed by atoms with van der Waals surface area (Å²) < 4.78 is 9.00. The zero-order chi connectivity index (χ0) is 17.9. The molecule has 2 aromatic heterocycles. The standard InChI is InChI=1S/C18H18ClN5O2/c19-13-3-1-4-15(9-13)24-7-6-17(22-24)18(25)21-14-10-20-23(11-14)12-16-5-2-8-26-16/h1,3-4,6-7,9-11,16H,2,5,8,12H2,(H,21,25)/t16-/m1/s1. The van der Waals surface area contributed by atoms with Gasteiger partial charge in [-0.1, -0.05) is 17.7 Å². The van der Waals surface area contributed by atoms with E-state index in [1.54, 1.807) is 46.2 Å². The Kier molecular flexibility index (Phi) is 4.73. The maximum absolute atomic E-state index is 12.4. The minimum absolute atomic E-state index is 0.201. The van der Waals surface area contributed by atoms with Crippen LogP contribution < -0.4 is 5.32 Å². The molecule has 1 aliphatic heterocycles. The molecule has 1 amide bonds. The molecular weight excluding hydrogens is 354 g/mol. The number of hydrogen-bond donors (Lipinski definition) is 1. The SMILES string of the molecule is O=C(Nc1cnn(C[C@H]2CCCO2)c1)c1ccn(-c2cccc(Cl)c2)n1. The first-order chi connectivity index (χ1) is 12.7. The number of aromatic nitrogens is 4. The zero-order valence-corrected chi connectivity index (χ0v) is 14.8. The van der Waals surface area contributed by atoms with Gasteiger partial charge in [0.05, 0.1) is 30.2 Å². The topological polar surface area (TPSA) is 74.0 Å². The predicted octanol–water partition coefficient (Wildman–Crippen LogP) is 3.15. The Bertz CT molecular complexity index is 914. The Morgan fingerprint density at radius 1 is 1.38 bits per heavy atom. The molecule has 1 saturated heterocycles. The molecule has 1 N–H and O–H groups in total. The molecule has 0 aliphatic carbocycles. The van der Waals surface area contributed by atoms with Gasteiger partial charge in [0.2, 0.25) is 0 Å². The van der Waals surface area contributed by atoms with Crippen molar-refractivity contribution in [2.75, 3.05) is 11.9 Å². The lowest BCUT2D eigenvalue weighted by Gasteiger charge is -2.08. The summed E-state index contributed by atoms with van der Waals surface area (Å²) in [6, 6.07) is 8.94. The van der Waals surface area contributed by atoms with Crippen LogP contribution in [0.5, 0.6) is 0 Å². The minimum Gasteiger partial charge on any atom is -0.376 e. The molecule has 134 valence electrons. The average molecular weight is 372 g/mol. The number of carbonyl (C=O) groups is 1. The largest absolute Gasteiger partial charge is 0.376 e. The molecule has 0 spiro atoms. The van der Waals surface area contributed by atoms with Gasteiger partial charge < -0.3 is 10.1 Å². The van der Waals surface area contributed by atoms with E-state index in [0.29, 0.717) is 22.9 Å². The summed E-state index contributed by atoms with van der Waals surface area (Å²) in [7, 11) is 0. The first-order valence-electron chi connectivity index (χ1n) is 8.44. The van der Waals surface area contributed by atoms with E-state index in [9.17, 15) is 4.79 Å². The van der Waals surface area contributed by atoms with Crippen LogP contribution in [0.4, 0.5) is 5.69 Å². The summed E-state index contributed by atoms with van der Waals surface area (Å²) in [5.74, 6) is -0.289. The van der Waals surface area contributed by atoms with Crippen LogP contribution >= 0.6 is 11.6 Å².